The van der Waals surface area contributed by atoms with Crippen molar-refractivity contribution < 1.29 is 9.13 Å². The predicted molar refractivity (Wildman–Crippen MR) is 82.8 cm³/mol. The summed E-state index contributed by atoms with van der Waals surface area (Å²) >= 11 is 13.4. The summed E-state index contributed by atoms with van der Waals surface area (Å²) in [5.74, 6) is -0.0977. The third-order valence-electron chi connectivity index (χ3n) is 3.09. The molecule has 0 radical (unpaired) electrons. The van der Waals surface area contributed by atoms with Gasteiger partial charge < -0.3 is 10.1 Å². The molecule has 0 aliphatic heterocycles. The van der Waals surface area contributed by atoms with Gasteiger partial charge in [0.15, 0.2) is 11.6 Å². The molecule has 20 heavy (non-hydrogen) atoms. The Kier molecular flexibility index (Phi) is 5.27. The van der Waals surface area contributed by atoms with Crippen LogP contribution < -0.4 is 10.1 Å². The smallest absolute Gasteiger partial charge is 0.168 e. The molecule has 0 saturated carbocycles. The minimum Gasteiger partial charge on any atom is -0.494 e. The maximum Gasteiger partial charge on any atom is 0.168 e. The van der Waals surface area contributed by atoms with Crippen LogP contribution in [0.3, 0.4) is 0 Å². The van der Waals surface area contributed by atoms with Gasteiger partial charge >= 0.3 is 0 Å². The number of hydrogen-bond donors (Lipinski definition) is 1. The first-order valence-electron chi connectivity index (χ1n) is 6.00. The van der Waals surface area contributed by atoms with Gasteiger partial charge in [-0.3, -0.25) is 0 Å². The molecular formula is C14H14Cl2FNOS. The lowest BCUT2D eigenvalue weighted by molar-refractivity contribution is 0.383. The van der Waals surface area contributed by atoms with Gasteiger partial charge in [0.05, 0.1) is 15.8 Å². The molecule has 0 bridgehead atoms. The molecule has 2 aromatic rings. The Labute approximate surface area is 131 Å². The van der Waals surface area contributed by atoms with Crippen molar-refractivity contribution in [3.05, 3.63) is 49.9 Å². The average molecular weight is 334 g/mol. The van der Waals surface area contributed by atoms with Crippen molar-refractivity contribution in [3.8, 4) is 5.75 Å². The van der Waals surface area contributed by atoms with Crippen molar-refractivity contribution in [1.82, 2.24) is 5.32 Å². The van der Waals surface area contributed by atoms with Gasteiger partial charge in [-0.05, 0) is 31.2 Å². The van der Waals surface area contributed by atoms with Gasteiger partial charge in [0.25, 0.3) is 0 Å². The average Bonchev–Trinajstić information content (AvgIpc) is 2.76. The largest absolute Gasteiger partial charge is 0.494 e. The Balaban J connectivity index is 2.29. The minimum absolute atomic E-state index is 0.104. The highest BCUT2D eigenvalue weighted by Gasteiger charge is 2.19. The second kappa shape index (κ2) is 6.76. The number of hydrogen-bond acceptors (Lipinski definition) is 3. The van der Waals surface area contributed by atoms with E-state index in [2.05, 4.69) is 5.32 Å². The highest BCUT2D eigenvalue weighted by atomic mass is 35.5. The Morgan fingerprint density at radius 3 is 2.70 bits per heavy atom. The number of halogens is 3. The number of likely N-dealkylation sites (N-methyl/N-ethyl adjacent to an activating group) is 1. The quantitative estimate of drug-likeness (QED) is 0.855. The van der Waals surface area contributed by atoms with Crippen LogP contribution in [0, 0.1) is 5.82 Å². The van der Waals surface area contributed by atoms with Gasteiger partial charge in [-0.1, -0.05) is 35.3 Å². The Morgan fingerprint density at radius 1 is 1.40 bits per heavy atom. The number of nitrogens with one attached hydrogen (secondary N) is 1. The zero-order chi connectivity index (χ0) is 14.7. The van der Waals surface area contributed by atoms with Gasteiger partial charge in [-0.25, -0.2) is 4.39 Å². The number of methoxy groups -OCH3 is 1. The zero-order valence-electron chi connectivity index (χ0n) is 11.0. The summed E-state index contributed by atoms with van der Waals surface area (Å²) in [6.45, 7) is 0. The van der Waals surface area contributed by atoms with Crippen LogP contribution in [0.4, 0.5) is 4.39 Å². The summed E-state index contributed by atoms with van der Waals surface area (Å²) in [7, 11) is 3.26. The fourth-order valence-electron chi connectivity index (χ4n) is 2.05. The lowest BCUT2D eigenvalue weighted by atomic mass is 10.0. The van der Waals surface area contributed by atoms with E-state index in [9.17, 15) is 4.39 Å². The van der Waals surface area contributed by atoms with E-state index in [4.69, 9.17) is 27.9 Å². The maximum absolute atomic E-state index is 14.2. The number of benzene rings is 1. The topological polar surface area (TPSA) is 21.3 Å². The lowest BCUT2D eigenvalue weighted by Crippen LogP contribution is -2.19. The fraction of sp³-hybridized carbons (Fsp3) is 0.286. The van der Waals surface area contributed by atoms with Crippen molar-refractivity contribution >= 4 is 34.5 Å². The first-order chi connectivity index (χ1) is 9.56. The second-order valence-corrected chi connectivity index (χ2v) is 6.54. The molecule has 0 aliphatic rings. The zero-order valence-corrected chi connectivity index (χ0v) is 13.4. The highest BCUT2D eigenvalue weighted by molar-refractivity contribution is 7.20. The van der Waals surface area contributed by atoms with E-state index in [-0.39, 0.29) is 17.6 Å². The van der Waals surface area contributed by atoms with E-state index in [0.717, 1.165) is 5.56 Å². The number of ether oxygens (including phenoxy) is 1. The maximum atomic E-state index is 14.2. The first kappa shape index (κ1) is 15.6. The molecule has 1 N–H and O–H groups in total. The van der Waals surface area contributed by atoms with Gasteiger partial charge in [0.1, 0.15) is 0 Å². The van der Waals surface area contributed by atoms with Gasteiger partial charge in [-0.15, -0.1) is 11.3 Å². The molecule has 108 valence electrons. The SMILES string of the molecule is CNC(Cc1cccc(OC)c1F)c1cc(Cl)sc1Cl. The van der Waals surface area contributed by atoms with Crippen LogP contribution in [0.25, 0.3) is 0 Å². The van der Waals surface area contributed by atoms with Crippen molar-refractivity contribution in [3.63, 3.8) is 0 Å². The van der Waals surface area contributed by atoms with Gasteiger partial charge in [-0.2, -0.15) is 0 Å². The molecule has 1 aromatic carbocycles. The Hall–Kier alpha value is -0.810. The molecule has 0 saturated heterocycles. The Morgan fingerprint density at radius 2 is 2.15 bits per heavy atom. The van der Waals surface area contributed by atoms with Gasteiger partial charge in [0.2, 0.25) is 0 Å². The highest BCUT2D eigenvalue weighted by Crippen LogP contribution is 2.36. The van der Waals surface area contributed by atoms with E-state index in [0.29, 0.717) is 20.7 Å². The Bertz CT molecular complexity index is 603. The molecular weight excluding hydrogens is 320 g/mol. The van der Waals surface area contributed by atoms with Crippen LogP contribution in [0.15, 0.2) is 24.3 Å². The lowest BCUT2D eigenvalue weighted by Gasteiger charge is -2.17. The summed E-state index contributed by atoms with van der Waals surface area (Å²) in [6, 6.07) is 6.82. The summed E-state index contributed by atoms with van der Waals surface area (Å²) in [5.41, 5.74) is 1.45. The van der Waals surface area contributed by atoms with Crippen LogP contribution in [0.5, 0.6) is 5.75 Å². The van der Waals surface area contributed by atoms with E-state index in [1.165, 1.54) is 18.4 Å². The van der Waals surface area contributed by atoms with E-state index in [1.807, 2.05) is 13.1 Å². The van der Waals surface area contributed by atoms with Crippen molar-refractivity contribution in [2.45, 2.75) is 12.5 Å². The van der Waals surface area contributed by atoms with Crippen LogP contribution in [0.1, 0.15) is 17.2 Å². The summed E-state index contributed by atoms with van der Waals surface area (Å²) in [4.78, 5) is 0. The van der Waals surface area contributed by atoms with Crippen LogP contribution in [-0.2, 0) is 6.42 Å². The molecule has 1 unspecified atom stereocenters. The second-order valence-electron chi connectivity index (χ2n) is 4.26. The van der Waals surface area contributed by atoms with E-state index in [1.54, 1.807) is 18.2 Å². The summed E-state index contributed by atoms with van der Waals surface area (Å²) in [5, 5.41) is 3.14. The van der Waals surface area contributed by atoms with E-state index >= 15 is 0 Å². The standard InChI is InChI=1S/C14H14Cl2FNOS/c1-18-10(9-7-12(15)20-14(9)16)6-8-4-3-5-11(19-2)13(8)17/h3-5,7,10,18H,6H2,1-2H3. The van der Waals surface area contributed by atoms with Crippen molar-refractivity contribution in [1.29, 1.82) is 0 Å². The van der Waals surface area contributed by atoms with Crippen LogP contribution in [0.2, 0.25) is 8.67 Å². The normalized spacial score (nSPS) is 12.4. The summed E-state index contributed by atoms with van der Waals surface area (Å²) < 4.78 is 20.4. The minimum atomic E-state index is -0.340. The predicted octanol–water partition coefficient (Wildman–Crippen LogP) is 4.71. The van der Waals surface area contributed by atoms with Crippen molar-refractivity contribution in [2.75, 3.05) is 14.2 Å². The molecule has 6 heteroatoms. The third kappa shape index (κ3) is 3.26. The molecule has 0 spiro atoms. The summed E-state index contributed by atoms with van der Waals surface area (Å²) in [6.07, 6.45) is 0.465. The molecule has 0 amide bonds. The number of rotatable bonds is 5. The molecule has 2 rings (SSSR count). The molecule has 1 heterocycles. The molecule has 0 aliphatic carbocycles. The first-order valence-corrected chi connectivity index (χ1v) is 7.57. The molecule has 1 atom stereocenters. The van der Waals surface area contributed by atoms with Crippen LogP contribution >= 0.6 is 34.5 Å². The number of thiophene rings is 1. The monoisotopic (exact) mass is 333 g/mol. The third-order valence-corrected chi connectivity index (χ3v) is 4.61. The van der Waals surface area contributed by atoms with Gasteiger partial charge in [0, 0.05) is 11.6 Å². The molecule has 2 nitrogen and oxygen atoms in total. The van der Waals surface area contributed by atoms with Crippen molar-refractivity contribution in [2.24, 2.45) is 0 Å². The van der Waals surface area contributed by atoms with Crippen LogP contribution in [-0.4, -0.2) is 14.2 Å². The molecule has 1 aromatic heterocycles. The van der Waals surface area contributed by atoms with E-state index < -0.39 is 0 Å². The fourth-order valence-corrected chi connectivity index (χ4v) is 3.63. The molecule has 0 fully saturated rings.